The molecule has 1 aromatic carbocycles. The second kappa shape index (κ2) is 4.25. The summed E-state index contributed by atoms with van der Waals surface area (Å²) in [6.07, 6.45) is 0.729. The summed E-state index contributed by atoms with van der Waals surface area (Å²) < 4.78 is 0. The summed E-state index contributed by atoms with van der Waals surface area (Å²) in [5.41, 5.74) is 3.91. The zero-order valence-corrected chi connectivity index (χ0v) is 7.91. The van der Waals surface area contributed by atoms with Crippen molar-refractivity contribution in [2.24, 2.45) is 0 Å². The van der Waals surface area contributed by atoms with Gasteiger partial charge in [-0.05, 0) is 25.0 Å². The standard InChI is InChI=1S/C10H15NO2/c1-3-9(11-13)8-5-4-7(2)6-10(8)12/h4-6,9,11-13H,3H2,1-2H3/t9-/m0/s1. The zero-order valence-electron chi connectivity index (χ0n) is 7.91. The number of hydrogen-bond acceptors (Lipinski definition) is 3. The van der Waals surface area contributed by atoms with Gasteiger partial charge < -0.3 is 10.3 Å². The van der Waals surface area contributed by atoms with E-state index in [1.54, 1.807) is 6.07 Å². The molecule has 0 amide bonds. The van der Waals surface area contributed by atoms with Crippen LogP contribution in [-0.2, 0) is 0 Å². The monoisotopic (exact) mass is 181 g/mol. The third kappa shape index (κ3) is 2.20. The zero-order chi connectivity index (χ0) is 9.84. The SMILES string of the molecule is CC[C@H](NO)c1ccc(C)cc1O. The molecule has 0 aliphatic carbocycles. The van der Waals surface area contributed by atoms with E-state index in [1.807, 2.05) is 26.0 Å². The highest BCUT2D eigenvalue weighted by molar-refractivity contribution is 5.37. The van der Waals surface area contributed by atoms with Gasteiger partial charge in [0.25, 0.3) is 0 Å². The number of aryl methyl sites for hydroxylation is 1. The summed E-state index contributed by atoms with van der Waals surface area (Å²) in [6.45, 7) is 3.85. The summed E-state index contributed by atoms with van der Waals surface area (Å²) in [5, 5.41) is 18.4. The number of nitrogens with one attached hydrogen (secondary N) is 1. The first-order valence-electron chi connectivity index (χ1n) is 4.38. The third-order valence-electron chi connectivity index (χ3n) is 2.13. The van der Waals surface area contributed by atoms with Crippen LogP contribution in [0.4, 0.5) is 0 Å². The Balaban J connectivity index is 2.99. The van der Waals surface area contributed by atoms with Crippen LogP contribution in [0.15, 0.2) is 18.2 Å². The molecule has 0 spiro atoms. The first-order valence-corrected chi connectivity index (χ1v) is 4.38. The van der Waals surface area contributed by atoms with E-state index in [0.717, 1.165) is 17.5 Å². The second-order valence-corrected chi connectivity index (χ2v) is 3.15. The lowest BCUT2D eigenvalue weighted by atomic mass is 10.0. The van der Waals surface area contributed by atoms with Gasteiger partial charge in [-0.2, -0.15) is 5.48 Å². The molecule has 13 heavy (non-hydrogen) atoms. The summed E-state index contributed by atoms with van der Waals surface area (Å²) in [5.74, 6) is 0.230. The maximum Gasteiger partial charge on any atom is 0.120 e. The highest BCUT2D eigenvalue weighted by Crippen LogP contribution is 2.26. The number of rotatable bonds is 3. The molecule has 3 heteroatoms. The van der Waals surface area contributed by atoms with Gasteiger partial charge in [0.15, 0.2) is 0 Å². The molecule has 0 heterocycles. The molecule has 3 nitrogen and oxygen atoms in total. The number of phenols is 1. The van der Waals surface area contributed by atoms with Crippen molar-refractivity contribution in [3.63, 3.8) is 0 Å². The van der Waals surface area contributed by atoms with Crippen LogP contribution in [0.2, 0.25) is 0 Å². The lowest BCUT2D eigenvalue weighted by molar-refractivity contribution is 0.123. The summed E-state index contributed by atoms with van der Waals surface area (Å²) in [4.78, 5) is 0. The first kappa shape index (κ1) is 10.0. The van der Waals surface area contributed by atoms with Crippen LogP contribution in [0.5, 0.6) is 5.75 Å². The van der Waals surface area contributed by atoms with Crippen molar-refractivity contribution in [3.8, 4) is 5.75 Å². The molecule has 1 rings (SSSR count). The Morgan fingerprint density at radius 2 is 2.15 bits per heavy atom. The Labute approximate surface area is 78.0 Å². The van der Waals surface area contributed by atoms with Crippen LogP contribution >= 0.6 is 0 Å². The van der Waals surface area contributed by atoms with Crippen LogP contribution < -0.4 is 5.48 Å². The topological polar surface area (TPSA) is 52.5 Å². The number of benzene rings is 1. The summed E-state index contributed by atoms with van der Waals surface area (Å²) in [7, 11) is 0. The van der Waals surface area contributed by atoms with Gasteiger partial charge in [0.05, 0.1) is 6.04 Å². The van der Waals surface area contributed by atoms with Crippen molar-refractivity contribution < 1.29 is 10.3 Å². The maximum atomic E-state index is 9.57. The number of hydrogen-bond donors (Lipinski definition) is 3. The van der Waals surface area contributed by atoms with Gasteiger partial charge in [0.1, 0.15) is 5.75 Å². The average molecular weight is 181 g/mol. The Hall–Kier alpha value is -1.06. The minimum absolute atomic E-state index is 0.194. The maximum absolute atomic E-state index is 9.57. The third-order valence-corrected chi connectivity index (χ3v) is 2.13. The van der Waals surface area contributed by atoms with Crippen molar-refractivity contribution in [1.29, 1.82) is 0 Å². The fourth-order valence-electron chi connectivity index (χ4n) is 1.33. The lowest BCUT2D eigenvalue weighted by Gasteiger charge is -2.14. The molecule has 1 atom stereocenters. The van der Waals surface area contributed by atoms with Gasteiger partial charge in [-0.25, -0.2) is 0 Å². The average Bonchev–Trinajstić information content (AvgIpc) is 2.10. The number of aromatic hydroxyl groups is 1. The normalized spacial score (nSPS) is 12.8. The van der Waals surface area contributed by atoms with Crippen molar-refractivity contribution in [2.75, 3.05) is 0 Å². The molecule has 0 aliphatic rings. The molecule has 3 N–H and O–H groups in total. The predicted octanol–water partition coefficient (Wildman–Crippen LogP) is 2.13. The van der Waals surface area contributed by atoms with Crippen molar-refractivity contribution in [2.45, 2.75) is 26.3 Å². The molecule has 0 aromatic heterocycles. The van der Waals surface area contributed by atoms with E-state index in [2.05, 4.69) is 5.48 Å². The molecule has 0 saturated heterocycles. The Kier molecular flexibility index (Phi) is 3.28. The molecule has 72 valence electrons. The first-order chi connectivity index (χ1) is 6.19. The summed E-state index contributed by atoms with van der Waals surface area (Å²) in [6, 6.07) is 5.23. The number of hydroxylamine groups is 1. The molecular formula is C10H15NO2. The largest absolute Gasteiger partial charge is 0.508 e. The Morgan fingerprint density at radius 3 is 2.62 bits per heavy atom. The van der Waals surface area contributed by atoms with Gasteiger partial charge in [-0.3, -0.25) is 0 Å². The van der Waals surface area contributed by atoms with E-state index in [1.165, 1.54) is 0 Å². The van der Waals surface area contributed by atoms with E-state index in [4.69, 9.17) is 5.21 Å². The van der Waals surface area contributed by atoms with Gasteiger partial charge in [-0.15, -0.1) is 0 Å². The smallest absolute Gasteiger partial charge is 0.120 e. The molecular weight excluding hydrogens is 166 g/mol. The fourth-order valence-corrected chi connectivity index (χ4v) is 1.33. The molecule has 0 radical (unpaired) electrons. The van der Waals surface area contributed by atoms with Crippen LogP contribution in [0.25, 0.3) is 0 Å². The van der Waals surface area contributed by atoms with Crippen LogP contribution in [0.1, 0.15) is 30.5 Å². The quantitative estimate of drug-likeness (QED) is 0.626. The van der Waals surface area contributed by atoms with Crippen molar-refractivity contribution >= 4 is 0 Å². The second-order valence-electron chi connectivity index (χ2n) is 3.15. The van der Waals surface area contributed by atoms with Gasteiger partial charge in [0.2, 0.25) is 0 Å². The summed E-state index contributed by atoms with van der Waals surface area (Å²) >= 11 is 0. The minimum atomic E-state index is -0.194. The van der Waals surface area contributed by atoms with E-state index in [-0.39, 0.29) is 11.8 Å². The van der Waals surface area contributed by atoms with Crippen LogP contribution in [0.3, 0.4) is 0 Å². The lowest BCUT2D eigenvalue weighted by Crippen LogP contribution is -2.16. The molecule has 0 bridgehead atoms. The van der Waals surface area contributed by atoms with Gasteiger partial charge in [-0.1, -0.05) is 19.1 Å². The van der Waals surface area contributed by atoms with Gasteiger partial charge in [0, 0.05) is 5.56 Å². The van der Waals surface area contributed by atoms with E-state index in [0.29, 0.717) is 0 Å². The van der Waals surface area contributed by atoms with E-state index in [9.17, 15) is 5.11 Å². The minimum Gasteiger partial charge on any atom is -0.508 e. The van der Waals surface area contributed by atoms with Crippen LogP contribution in [-0.4, -0.2) is 10.3 Å². The van der Waals surface area contributed by atoms with Crippen molar-refractivity contribution in [3.05, 3.63) is 29.3 Å². The number of phenolic OH excluding ortho intramolecular Hbond substituents is 1. The van der Waals surface area contributed by atoms with Crippen molar-refractivity contribution in [1.82, 2.24) is 5.48 Å². The highest BCUT2D eigenvalue weighted by Gasteiger charge is 2.11. The van der Waals surface area contributed by atoms with Gasteiger partial charge >= 0.3 is 0 Å². The molecule has 0 unspecified atom stereocenters. The molecule has 1 aromatic rings. The molecule has 0 aliphatic heterocycles. The molecule has 0 fully saturated rings. The Bertz CT molecular complexity index is 282. The highest BCUT2D eigenvalue weighted by atomic mass is 16.5. The Morgan fingerprint density at radius 1 is 1.46 bits per heavy atom. The molecule has 0 saturated carbocycles. The van der Waals surface area contributed by atoms with Crippen LogP contribution in [0, 0.1) is 6.92 Å². The van der Waals surface area contributed by atoms with E-state index >= 15 is 0 Å². The van der Waals surface area contributed by atoms with E-state index < -0.39 is 0 Å². The fraction of sp³-hybridized carbons (Fsp3) is 0.400. The predicted molar refractivity (Wildman–Crippen MR) is 50.8 cm³/mol.